The first-order valence-corrected chi connectivity index (χ1v) is 6.57. The first-order chi connectivity index (χ1) is 8.74. The van der Waals surface area contributed by atoms with Crippen molar-refractivity contribution in [1.82, 2.24) is 20.2 Å². The molecule has 3 aromatic heterocycles. The fourth-order valence-corrected chi connectivity index (χ4v) is 2.28. The van der Waals surface area contributed by atoms with E-state index in [1.165, 1.54) is 17.5 Å². The number of nitrogen functional groups attached to an aromatic ring is 1. The van der Waals surface area contributed by atoms with E-state index in [0.717, 1.165) is 4.88 Å². The summed E-state index contributed by atoms with van der Waals surface area (Å²) in [5.41, 5.74) is 6.10. The SMILES string of the molecule is Nc1ncc(Br)nc1-c1nnc(-c2cccs2)o1. The zero-order valence-corrected chi connectivity index (χ0v) is 11.3. The first-order valence-electron chi connectivity index (χ1n) is 4.90. The highest BCUT2D eigenvalue weighted by Gasteiger charge is 2.15. The van der Waals surface area contributed by atoms with Gasteiger partial charge in [0, 0.05) is 0 Å². The number of hydrogen-bond acceptors (Lipinski definition) is 7. The number of halogens is 1. The Balaban J connectivity index is 2.05. The van der Waals surface area contributed by atoms with Crippen LogP contribution in [0.25, 0.3) is 22.4 Å². The van der Waals surface area contributed by atoms with Gasteiger partial charge in [0.05, 0.1) is 11.1 Å². The summed E-state index contributed by atoms with van der Waals surface area (Å²) < 4.78 is 6.09. The maximum atomic E-state index is 5.73. The summed E-state index contributed by atoms with van der Waals surface area (Å²) in [7, 11) is 0. The van der Waals surface area contributed by atoms with Gasteiger partial charge in [-0.1, -0.05) is 6.07 Å². The number of aromatic nitrogens is 4. The van der Waals surface area contributed by atoms with Crippen molar-refractivity contribution in [3.8, 4) is 22.4 Å². The molecule has 18 heavy (non-hydrogen) atoms. The van der Waals surface area contributed by atoms with Crippen LogP contribution in [0.4, 0.5) is 5.82 Å². The molecule has 0 bridgehead atoms. The van der Waals surface area contributed by atoms with Crippen LogP contribution in [0.3, 0.4) is 0 Å². The van der Waals surface area contributed by atoms with Crippen molar-refractivity contribution in [2.24, 2.45) is 0 Å². The number of hydrogen-bond donors (Lipinski definition) is 1. The Bertz CT molecular complexity index is 681. The molecule has 3 aromatic rings. The molecule has 0 aliphatic carbocycles. The Kier molecular flexibility index (Phi) is 2.80. The van der Waals surface area contributed by atoms with Crippen LogP contribution in [0.2, 0.25) is 0 Å². The van der Waals surface area contributed by atoms with Gasteiger partial charge in [-0.05, 0) is 27.4 Å². The van der Waals surface area contributed by atoms with Crippen molar-refractivity contribution in [3.63, 3.8) is 0 Å². The molecule has 0 aromatic carbocycles. The zero-order chi connectivity index (χ0) is 12.5. The predicted molar refractivity (Wildman–Crippen MR) is 70.7 cm³/mol. The molecule has 3 heterocycles. The molecule has 6 nitrogen and oxygen atoms in total. The van der Waals surface area contributed by atoms with Crippen molar-refractivity contribution in [1.29, 1.82) is 0 Å². The van der Waals surface area contributed by atoms with Gasteiger partial charge in [0.1, 0.15) is 4.60 Å². The van der Waals surface area contributed by atoms with Crippen LogP contribution in [-0.4, -0.2) is 20.2 Å². The maximum absolute atomic E-state index is 5.73. The van der Waals surface area contributed by atoms with Crippen molar-refractivity contribution in [3.05, 3.63) is 28.3 Å². The summed E-state index contributed by atoms with van der Waals surface area (Å²) in [5.74, 6) is 0.949. The van der Waals surface area contributed by atoms with Gasteiger partial charge in [-0.3, -0.25) is 0 Å². The van der Waals surface area contributed by atoms with Gasteiger partial charge in [-0.2, -0.15) is 0 Å². The van der Waals surface area contributed by atoms with Crippen LogP contribution in [0, 0.1) is 0 Å². The van der Waals surface area contributed by atoms with Crippen molar-refractivity contribution < 1.29 is 4.42 Å². The van der Waals surface area contributed by atoms with Gasteiger partial charge in [-0.25, -0.2) is 9.97 Å². The molecule has 2 N–H and O–H groups in total. The molecule has 3 rings (SSSR count). The summed E-state index contributed by atoms with van der Waals surface area (Å²) in [4.78, 5) is 9.04. The predicted octanol–water partition coefficient (Wildman–Crippen LogP) is 2.60. The molecule has 0 unspecified atom stereocenters. The largest absolute Gasteiger partial charge is 0.414 e. The summed E-state index contributed by atoms with van der Waals surface area (Å²) in [6.45, 7) is 0. The number of rotatable bonds is 2. The Morgan fingerprint density at radius 2 is 2.11 bits per heavy atom. The second-order valence-electron chi connectivity index (χ2n) is 3.32. The third-order valence-corrected chi connectivity index (χ3v) is 3.37. The monoisotopic (exact) mass is 323 g/mol. The average Bonchev–Trinajstić information content (AvgIpc) is 3.00. The van der Waals surface area contributed by atoms with E-state index in [1.807, 2.05) is 17.5 Å². The lowest BCUT2D eigenvalue weighted by molar-refractivity contribution is 0.583. The van der Waals surface area contributed by atoms with E-state index in [1.54, 1.807) is 0 Å². The smallest absolute Gasteiger partial charge is 0.270 e. The summed E-state index contributed by atoms with van der Waals surface area (Å²) >= 11 is 4.74. The Morgan fingerprint density at radius 3 is 2.89 bits per heavy atom. The molecule has 0 amide bonds. The molecule has 0 radical (unpaired) electrons. The number of thiophene rings is 1. The summed E-state index contributed by atoms with van der Waals surface area (Å²) in [5, 5.41) is 9.83. The molecule has 0 aliphatic rings. The Morgan fingerprint density at radius 1 is 1.28 bits per heavy atom. The molecular weight excluding hydrogens is 318 g/mol. The highest BCUT2D eigenvalue weighted by molar-refractivity contribution is 9.10. The van der Waals surface area contributed by atoms with Crippen molar-refractivity contribution in [2.45, 2.75) is 0 Å². The number of anilines is 1. The molecule has 0 atom stereocenters. The van der Waals surface area contributed by atoms with Crippen molar-refractivity contribution >= 4 is 33.1 Å². The Labute approximate surface area is 114 Å². The van der Waals surface area contributed by atoms with Crippen molar-refractivity contribution in [2.75, 3.05) is 5.73 Å². The molecule has 0 saturated carbocycles. The highest BCUT2D eigenvalue weighted by atomic mass is 79.9. The number of nitrogens with two attached hydrogens (primary N) is 1. The van der Waals surface area contributed by atoms with E-state index >= 15 is 0 Å². The molecule has 0 fully saturated rings. The molecular formula is C10H6BrN5OS. The third kappa shape index (κ3) is 2.00. The minimum absolute atomic E-state index is 0.250. The second-order valence-corrected chi connectivity index (χ2v) is 5.08. The molecule has 0 aliphatic heterocycles. The van der Waals surface area contributed by atoms with Crippen LogP contribution >= 0.6 is 27.3 Å². The molecule has 0 spiro atoms. The fourth-order valence-electron chi connectivity index (χ4n) is 1.35. The standard InChI is InChI=1S/C10H6BrN5OS/c11-6-4-13-8(12)7(14-6)10-16-15-9(17-10)5-2-1-3-18-5/h1-4H,(H2,12,13). The van der Waals surface area contributed by atoms with Gasteiger partial charge < -0.3 is 10.2 Å². The highest BCUT2D eigenvalue weighted by Crippen LogP contribution is 2.28. The quantitative estimate of drug-likeness (QED) is 0.779. The lowest BCUT2D eigenvalue weighted by Crippen LogP contribution is -1.97. The minimum Gasteiger partial charge on any atom is -0.414 e. The van der Waals surface area contributed by atoms with Gasteiger partial charge in [0.25, 0.3) is 11.8 Å². The van der Waals surface area contributed by atoms with E-state index in [9.17, 15) is 0 Å². The fraction of sp³-hybridized carbons (Fsp3) is 0. The average molecular weight is 324 g/mol. The maximum Gasteiger partial charge on any atom is 0.270 e. The van der Waals surface area contributed by atoms with Crippen LogP contribution < -0.4 is 5.73 Å². The Hall–Kier alpha value is -1.80. The second kappa shape index (κ2) is 4.46. The lowest BCUT2D eigenvalue weighted by Gasteiger charge is -1.98. The first kappa shape index (κ1) is 11.3. The van der Waals surface area contributed by atoms with Crippen LogP contribution in [-0.2, 0) is 0 Å². The van der Waals surface area contributed by atoms with Gasteiger partial charge in [-0.15, -0.1) is 21.5 Å². The van der Waals surface area contributed by atoms with E-state index in [0.29, 0.717) is 16.2 Å². The topological polar surface area (TPSA) is 90.7 Å². The molecule has 90 valence electrons. The van der Waals surface area contributed by atoms with Gasteiger partial charge in [0.2, 0.25) is 0 Å². The zero-order valence-electron chi connectivity index (χ0n) is 8.87. The van der Waals surface area contributed by atoms with Crippen LogP contribution in [0.5, 0.6) is 0 Å². The van der Waals surface area contributed by atoms with Gasteiger partial charge in [0.15, 0.2) is 11.5 Å². The van der Waals surface area contributed by atoms with E-state index in [4.69, 9.17) is 10.2 Å². The molecule has 0 saturated heterocycles. The number of nitrogens with zero attached hydrogens (tertiary/aromatic N) is 4. The van der Waals surface area contributed by atoms with E-state index < -0.39 is 0 Å². The minimum atomic E-state index is 0.250. The van der Waals surface area contributed by atoms with E-state index in [-0.39, 0.29) is 11.7 Å². The normalized spacial score (nSPS) is 10.7. The molecule has 8 heteroatoms. The van der Waals surface area contributed by atoms with Crippen LogP contribution in [0.15, 0.2) is 32.7 Å². The van der Waals surface area contributed by atoms with Gasteiger partial charge >= 0.3 is 0 Å². The summed E-state index contributed by atoms with van der Waals surface area (Å²) in [6.07, 6.45) is 1.51. The van der Waals surface area contributed by atoms with E-state index in [2.05, 4.69) is 36.1 Å². The van der Waals surface area contributed by atoms with Crippen LogP contribution in [0.1, 0.15) is 0 Å². The summed E-state index contributed by atoms with van der Waals surface area (Å²) in [6, 6.07) is 3.81. The third-order valence-electron chi connectivity index (χ3n) is 2.13. The lowest BCUT2D eigenvalue weighted by atomic mass is 10.4.